The molecule has 0 bridgehead atoms. The van der Waals surface area contributed by atoms with Gasteiger partial charge in [-0.2, -0.15) is 0 Å². The highest BCUT2D eigenvalue weighted by Crippen LogP contribution is 2.27. The number of carbonyl (C=O) groups excluding carboxylic acids is 2. The zero-order valence-electron chi connectivity index (χ0n) is 11.3. The molecule has 5 heteroatoms. The second-order valence-corrected chi connectivity index (χ2v) is 5.34. The van der Waals surface area contributed by atoms with Crippen LogP contribution in [0.4, 0.5) is 0 Å². The molecule has 0 heterocycles. The molecule has 0 aliphatic heterocycles. The van der Waals surface area contributed by atoms with Gasteiger partial charge in [-0.1, -0.05) is 27.7 Å². The summed E-state index contributed by atoms with van der Waals surface area (Å²) in [5, 5.41) is 9.86. The van der Waals surface area contributed by atoms with E-state index < -0.39 is 23.5 Å². The van der Waals surface area contributed by atoms with E-state index in [4.69, 9.17) is 0 Å². The van der Waals surface area contributed by atoms with Crippen molar-refractivity contribution in [3.8, 4) is 0 Å². The van der Waals surface area contributed by atoms with E-state index in [0.29, 0.717) is 0 Å². The first-order valence-electron chi connectivity index (χ1n) is 5.71. The minimum Gasteiger partial charge on any atom is -0.392 e. The van der Waals surface area contributed by atoms with E-state index in [1.54, 1.807) is 41.5 Å². The average molecular weight is 246 g/mol. The van der Waals surface area contributed by atoms with Crippen molar-refractivity contribution >= 4 is 11.9 Å². The molecule has 0 aromatic carbocycles. The monoisotopic (exact) mass is 246 g/mol. The van der Waals surface area contributed by atoms with Crippen LogP contribution in [0.5, 0.6) is 0 Å². The number of hydrogen-bond donors (Lipinski definition) is 1. The Balaban J connectivity index is 4.45. The van der Waals surface area contributed by atoms with Gasteiger partial charge in [0.1, 0.15) is 0 Å². The molecular formula is C12H22O5. The van der Waals surface area contributed by atoms with Crippen LogP contribution < -0.4 is 0 Å². The molecule has 0 aromatic rings. The van der Waals surface area contributed by atoms with Crippen LogP contribution in [-0.4, -0.2) is 23.1 Å². The van der Waals surface area contributed by atoms with Crippen molar-refractivity contribution in [2.24, 2.45) is 17.3 Å². The van der Waals surface area contributed by atoms with Gasteiger partial charge in [-0.15, -0.1) is 0 Å². The van der Waals surface area contributed by atoms with Gasteiger partial charge in [-0.25, -0.2) is 19.4 Å². The summed E-state index contributed by atoms with van der Waals surface area (Å²) < 4.78 is 0. The lowest BCUT2D eigenvalue weighted by molar-refractivity contribution is -0.271. The normalized spacial score (nSPS) is 13.7. The predicted molar refractivity (Wildman–Crippen MR) is 61.6 cm³/mol. The van der Waals surface area contributed by atoms with Crippen LogP contribution in [0.2, 0.25) is 0 Å². The van der Waals surface area contributed by atoms with E-state index >= 15 is 0 Å². The summed E-state index contributed by atoms with van der Waals surface area (Å²) in [6.07, 6.45) is -0.868. The molecule has 1 atom stereocenters. The van der Waals surface area contributed by atoms with Crippen molar-refractivity contribution in [3.63, 3.8) is 0 Å². The highest BCUT2D eigenvalue weighted by molar-refractivity contribution is 5.78. The summed E-state index contributed by atoms with van der Waals surface area (Å²) in [6, 6.07) is 0. The van der Waals surface area contributed by atoms with E-state index in [9.17, 15) is 14.7 Å². The Kier molecular flexibility index (Phi) is 5.61. The fourth-order valence-electron chi connectivity index (χ4n) is 1.24. The van der Waals surface area contributed by atoms with E-state index in [1.807, 2.05) is 0 Å². The van der Waals surface area contributed by atoms with Crippen LogP contribution in [0.25, 0.3) is 0 Å². The third-order valence-corrected chi connectivity index (χ3v) is 2.57. The third kappa shape index (κ3) is 4.34. The Labute approximate surface area is 102 Å². The summed E-state index contributed by atoms with van der Waals surface area (Å²) in [5.41, 5.74) is -1.12. The lowest BCUT2D eigenvalue weighted by atomic mass is 9.81. The molecule has 1 N–H and O–H groups in total. The van der Waals surface area contributed by atoms with E-state index in [0.717, 1.165) is 0 Å². The zero-order valence-corrected chi connectivity index (χ0v) is 11.3. The topological polar surface area (TPSA) is 72.8 Å². The Hall–Kier alpha value is -1.10. The van der Waals surface area contributed by atoms with Crippen molar-refractivity contribution in [1.29, 1.82) is 0 Å². The summed E-state index contributed by atoms with van der Waals surface area (Å²) in [7, 11) is 0. The molecule has 0 spiro atoms. The molecule has 0 aliphatic carbocycles. The van der Waals surface area contributed by atoms with Crippen LogP contribution in [0.15, 0.2) is 0 Å². The first-order valence-corrected chi connectivity index (χ1v) is 5.71. The molecule has 0 saturated carbocycles. The third-order valence-electron chi connectivity index (χ3n) is 2.57. The Morgan fingerprint density at radius 3 is 1.88 bits per heavy atom. The van der Waals surface area contributed by atoms with Gasteiger partial charge in [0.2, 0.25) is 0 Å². The number of rotatable bonds is 4. The van der Waals surface area contributed by atoms with Crippen LogP contribution in [0.1, 0.15) is 41.5 Å². The van der Waals surface area contributed by atoms with Crippen LogP contribution in [0, 0.1) is 17.3 Å². The predicted octanol–water partition coefficient (Wildman–Crippen LogP) is 1.69. The fraction of sp³-hybridized carbons (Fsp3) is 0.833. The van der Waals surface area contributed by atoms with Gasteiger partial charge in [-0.05, 0) is 19.8 Å². The minimum atomic E-state index is -1.12. The van der Waals surface area contributed by atoms with Crippen molar-refractivity contribution in [2.45, 2.75) is 47.6 Å². The molecule has 17 heavy (non-hydrogen) atoms. The van der Waals surface area contributed by atoms with Gasteiger partial charge >= 0.3 is 11.9 Å². The molecule has 100 valence electrons. The Bertz CT molecular complexity index is 281. The molecule has 0 aliphatic rings. The molecule has 0 aromatic heterocycles. The molecule has 0 saturated heterocycles. The van der Waals surface area contributed by atoms with Crippen molar-refractivity contribution in [3.05, 3.63) is 0 Å². The molecule has 1 unspecified atom stereocenters. The van der Waals surface area contributed by atoms with E-state index in [-0.39, 0.29) is 11.8 Å². The average Bonchev–Trinajstić information content (AvgIpc) is 2.23. The van der Waals surface area contributed by atoms with Gasteiger partial charge in [0.05, 0.1) is 17.4 Å². The maximum Gasteiger partial charge on any atom is 0.363 e. The molecule has 0 fully saturated rings. The fourth-order valence-corrected chi connectivity index (χ4v) is 1.24. The quantitative estimate of drug-likeness (QED) is 0.603. The van der Waals surface area contributed by atoms with Gasteiger partial charge in [0.15, 0.2) is 0 Å². The molecule has 5 nitrogen and oxygen atoms in total. The first kappa shape index (κ1) is 15.9. The molecule has 0 rings (SSSR count). The van der Waals surface area contributed by atoms with Crippen LogP contribution in [-0.2, 0) is 19.4 Å². The minimum absolute atomic E-state index is 0.0987. The summed E-state index contributed by atoms with van der Waals surface area (Å²) >= 11 is 0. The number of carbonyl (C=O) groups is 2. The highest BCUT2D eigenvalue weighted by atomic mass is 17.2. The van der Waals surface area contributed by atoms with Crippen LogP contribution >= 0.6 is 0 Å². The molecular weight excluding hydrogens is 224 g/mol. The summed E-state index contributed by atoms with van der Waals surface area (Å²) in [5.74, 6) is -1.85. The Morgan fingerprint density at radius 2 is 1.53 bits per heavy atom. The van der Waals surface area contributed by atoms with Gasteiger partial charge < -0.3 is 5.11 Å². The second-order valence-electron chi connectivity index (χ2n) is 5.34. The van der Waals surface area contributed by atoms with Crippen molar-refractivity contribution in [2.75, 3.05) is 0 Å². The lowest BCUT2D eigenvalue weighted by Crippen LogP contribution is -2.41. The molecule has 0 amide bonds. The Morgan fingerprint density at radius 1 is 1.06 bits per heavy atom. The largest absolute Gasteiger partial charge is 0.392 e. The highest BCUT2D eigenvalue weighted by Gasteiger charge is 2.40. The number of aliphatic hydroxyl groups excluding tert-OH is 1. The van der Waals surface area contributed by atoms with Gasteiger partial charge in [0, 0.05) is 0 Å². The van der Waals surface area contributed by atoms with Crippen molar-refractivity contribution in [1.82, 2.24) is 0 Å². The SMILES string of the molecule is CC(C)C(=O)OOC(=O)C(C)(C)C(O)C(C)C. The summed E-state index contributed by atoms with van der Waals surface area (Å²) in [4.78, 5) is 31.6. The second kappa shape index (κ2) is 6.00. The van der Waals surface area contributed by atoms with E-state index in [2.05, 4.69) is 9.78 Å². The van der Waals surface area contributed by atoms with Crippen LogP contribution in [0.3, 0.4) is 0 Å². The number of hydrogen-bond acceptors (Lipinski definition) is 5. The zero-order chi connectivity index (χ0) is 13.8. The first-order chi connectivity index (χ1) is 7.60. The van der Waals surface area contributed by atoms with Gasteiger partial charge in [-0.3, -0.25) is 0 Å². The number of aliphatic hydroxyl groups is 1. The smallest absolute Gasteiger partial charge is 0.363 e. The maximum absolute atomic E-state index is 11.7. The summed E-state index contributed by atoms with van der Waals surface area (Å²) in [6.45, 7) is 9.93. The standard InChI is InChI=1S/C12H22O5/c1-7(2)9(13)12(5,6)11(15)17-16-10(14)8(3)4/h7-9,13H,1-6H3. The van der Waals surface area contributed by atoms with Gasteiger partial charge in [0.25, 0.3) is 0 Å². The molecule has 0 radical (unpaired) electrons. The van der Waals surface area contributed by atoms with Crippen molar-refractivity contribution < 1.29 is 24.5 Å². The maximum atomic E-state index is 11.7. The van der Waals surface area contributed by atoms with E-state index in [1.165, 1.54) is 0 Å². The lowest BCUT2D eigenvalue weighted by Gasteiger charge is -2.29.